The van der Waals surface area contributed by atoms with E-state index in [1.54, 1.807) is 6.92 Å². The van der Waals surface area contributed by atoms with Gasteiger partial charge in [0.05, 0.1) is 14.8 Å². The highest BCUT2D eigenvalue weighted by atomic mass is 35.5. The largest absolute Gasteiger partial charge is 0.329 e. The minimum atomic E-state index is -3.90. The number of nitrogens with one attached hydrogen (secondary N) is 1. The zero-order valence-corrected chi connectivity index (χ0v) is 12.7. The van der Waals surface area contributed by atoms with Crippen molar-refractivity contribution in [3.8, 4) is 0 Å². The van der Waals surface area contributed by atoms with Gasteiger partial charge in [-0.05, 0) is 19.4 Å². The van der Waals surface area contributed by atoms with Crippen LogP contribution < -0.4 is 10.5 Å². The van der Waals surface area contributed by atoms with E-state index < -0.39 is 21.0 Å². The van der Waals surface area contributed by atoms with E-state index >= 15 is 0 Å². The van der Waals surface area contributed by atoms with Crippen LogP contribution in [0.25, 0.3) is 0 Å². The number of halogens is 1. The van der Waals surface area contributed by atoms with Gasteiger partial charge in [0.1, 0.15) is 0 Å². The predicted molar refractivity (Wildman–Crippen MR) is 76.3 cm³/mol. The molecule has 20 heavy (non-hydrogen) atoms. The summed E-state index contributed by atoms with van der Waals surface area (Å²) in [5.41, 5.74) is 5.33. The Bertz CT molecular complexity index is 614. The molecule has 0 bridgehead atoms. The van der Waals surface area contributed by atoms with Crippen molar-refractivity contribution in [2.45, 2.75) is 31.2 Å². The summed E-state index contributed by atoms with van der Waals surface area (Å²) >= 11 is 5.85. The van der Waals surface area contributed by atoms with Crippen LogP contribution in [0.15, 0.2) is 17.0 Å². The van der Waals surface area contributed by atoms with Crippen LogP contribution >= 0.6 is 11.6 Å². The summed E-state index contributed by atoms with van der Waals surface area (Å²) < 4.78 is 26.7. The number of nitro groups is 1. The van der Waals surface area contributed by atoms with Gasteiger partial charge in [-0.25, -0.2) is 13.1 Å². The molecule has 1 unspecified atom stereocenters. The molecule has 0 saturated carbocycles. The number of sulfonamides is 1. The van der Waals surface area contributed by atoms with Crippen molar-refractivity contribution < 1.29 is 13.3 Å². The van der Waals surface area contributed by atoms with Crippen molar-refractivity contribution in [1.29, 1.82) is 0 Å². The van der Waals surface area contributed by atoms with Gasteiger partial charge in [-0.3, -0.25) is 10.1 Å². The molecule has 0 spiro atoms. The first kappa shape index (κ1) is 16.8. The third-order valence-corrected chi connectivity index (χ3v) is 4.79. The fourth-order valence-electron chi connectivity index (χ4n) is 1.57. The molecule has 0 amide bonds. The van der Waals surface area contributed by atoms with Crippen LogP contribution in [0.1, 0.15) is 18.9 Å². The van der Waals surface area contributed by atoms with Crippen molar-refractivity contribution in [2.24, 2.45) is 5.73 Å². The highest BCUT2D eigenvalue weighted by Crippen LogP contribution is 2.29. The third-order valence-electron chi connectivity index (χ3n) is 2.90. The van der Waals surface area contributed by atoms with Gasteiger partial charge in [0.15, 0.2) is 0 Å². The SMILES string of the molecule is CCC(CN)NS(=O)(=O)c1cc(Cl)c(C)c([N+](=O)[O-])c1. The molecule has 0 aromatic heterocycles. The first-order chi connectivity index (χ1) is 9.22. The number of nitro benzene ring substituents is 1. The Balaban J connectivity index is 3.29. The van der Waals surface area contributed by atoms with Crippen molar-refractivity contribution in [1.82, 2.24) is 4.72 Å². The minimum absolute atomic E-state index is 0.0281. The van der Waals surface area contributed by atoms with E-state index in [4.69, 9.17) is 17.3 Å². The summed E-state index contributed by atoms with van der Waals surface area (Å²) in [7, 11) is -3.90. The second-order valence-electron chi connectivity index (χ2n) is 4.27. The molecule has 1 aromatic rings. The second-order valence-corrected chi connectivity index (χ2v) is 6.39. The summed E-state index contributed by atoms with van der Waals surface area (Å²) in [6, 6.07) is 1.75. The summed E-state index contributed by atoms with van der Waals surface area (Å²) in [4.78, 5) is 9.99. The van der Waals surface area contributed by atoms with Gasteiger partial charge in [-0.2, -0.15) is 0 Å². The maximum absolute atomic E-state index is 12.2. The van der Waals surface area contributed by atoms with Gasteiger partial charge in [0, 0.05) is 24.2 Å². The molecule has 1 atom stereocenters. The molecule has 112 valence electrons. The molecule has 0 aliphatic heterocycles. The van der Waals surface area contributed by atoms with Crippen LogP contribution in [0.3, 0.4) is 0 Å². The Morgan fingerprint density at radius 1 is 1.50 bits per heavy atom. The molecular formula is C11H16ClN3O4S. The Labute approximate surface area is 122 Å². The molecule has 3 N–H and O–H groups in total. The average molecular weight is 322 g/mol. The summed E-state index contributed by atoms with van der Waals surface area (Å²) in [5, 5.41) is 10.9. The van der Waals surface area contributed by atoms with E-state index in [1.807, 2.05) is 0 Å². The number of rotatable bonds is 6. The topological polar surface area (TPSA) is 115 Å². The molecule has 0 aliphatic rings. The van der Waals surface area contributed by atoms with E-state index in [2.05, 4.69) is 4.72 Å². The van der Waals surface area contributed by atoms with Gasteiger partial charge in [-0.1, -0.05) is 18.5 Å². The zero-order valence-electron chi connectivity index (χ0n) is 11.1. The first-order valence-electron chi connectivity index (χ1n) is 5.89. The standard InChI is InChI=1S/C11H16ClN3O4S/c1-3-8(6-13)14-20(18,19)9-4-10(12)7(2)11(5-9)15(16)17/h4-5,8,14H,3,6,13H2,1-2H3. The molecule has 1 aromatic carbocycles. The second kappa shape index (κ2) is 6.49. The molecule has 0 aliphatic carbocycles. The number of hydrogen-bond acceptors (Lipinski definition) is 5. The normalized spacial score (nSPS) is 13.2. The quantitative estimate of drug-likeness (QED) is 0.609. The van der Waals surface area contributed by atoms with Crippen LogP contribution in [-0.2, 0) is 10.0 Å². The van der Waals surface area contributed by atoms with E-state index in [-0.39, 0.29) is 27.7 Å². The fourth-order valence-corrected chi connectivity index (χ4v) is 3.23. The Morgan fingerprint density at radius 3 is 2.55 bits per heavy atom. The Kier molecular flexibility index (Phi) is 5.46. The van der Waals surface area contributed by atoms with Crippen LogP contribution in [0.4, 0.5) is 5.69 Å². The Hall–Kier alpha value is -1.22. The molecule has 0 fully saturated rings. The fraction of sp³-hybridized carbons (Fsp3) is 0.455. The highest BCUT2D eigenvalue weighted by Gasteiger charge is 2.24. The van der Waals surface area contributed by atoms with Crippen molar-refractivity contribution in [2.75, 3.05) is 6.54 Å². The van der Waals surface area contributed by atoms with Gasteiger partial charge < -0.3 is 5.73 Å². The smallest absolute Gasteiger partial charge is 0.275 e. The van der Waals surface area contributed by atoms with Crippen LogP contribution in [-0.4, -0.2) is 25.9 Å². The molecule has 7 nitrogen and oxygen atoms in total. The van der Waals surface area contributed by atoms with Crippen molar-refractivity contribution >= 4 is 27.3 Å². The zero-order chi connectivity index (χ0) is 15.5. The number of nitrogens with zero attached hydrogens (tertiary/aromatic N) is 1. The lowest BCUT2D eigenvalue weighted by atomic mass is 10.2. The summed E-state index contributed by atoms with van der Waals surface area (Å²) in [6.45, 7) is 3.38. The van der Waals surface area contributed by atoms with E-state index in [0.717, 1.165) is 6.07 Å². The lowest BCUT2D eigenvalue weighted by Gasteiger charge is -2.15. The van der Waals surface area contributed by atoms with Gasteiger partial charge in [0.2, 0.25) is 10.0 Å². The lowest BCUT2D eigenvalue weighted by Crippen LogP contribution is -2.39. The Morgan fingerprint density at radius 2 is 2.10 bits per heavy atom. The molecule has 0 saturated heterocycles. The number of benzene rings is 1. The monoisotopic (exact) mass is 321 g/mol. The maximum Gasteiger partial charge on any atom is 0.275 e. The van der Waals surface area contributed by atoms with Gasteiger partial charge in [0.25, 0.3) is 5.69 Å². The molecule has 1 rings (SSSR count). The molecule has 0 heterocycles. The third kappa shape index (κ3) is 3.66. The lowest BCUT2D eigenvalue weighted by molar-refractivity contribution is -0.385. The number of hydrogen-bond donors (Lipinski definition) is 2. The maximum atomic E-state index is 12.2. The van der Waals surface area contributed by atoms with E-state index in [0.29, 0.717) is 6.42 Å². The number of nitrogens with two attached hydrogens (primary N) is 1. The molecular weight excluding hydrogens is 306 g/mol. The van der Waals surface area contributed by atoms with Gasteiger partial charge in [-0.15, -0.1) is 0 Å². The van der Waals surface area contributed by atoms with Crippen LogP contribution in [0, 0.1) is 17.0 Å². The molecule has 9 heteroatoms. The van der Waals surface area contributed by atoms with Crippen LogP contribution in [0.5, 0.6) is 0 Å². The van der Waals surface area contributed by atoms with Crippen LogP contribution in [0.2, 0.25) is 5.02 Å². The first-order valence-corrected chi connectivity index (χ1v) is 7.76. The predicted octanol–water partition coefficient (Wildman–Crippen LogP) is 1.57. The molecule has 0 radical (unpaired) electrons. The van der Waals surface area contributed by atoms with E-state index in [1.165, 1.54) is 13.0 Å². The summed E-state index contributed by atoms with van der Waals surface area (Å²) in [6.07, 6.45) is 0.511. The summed E-state index contributed by atoms with van der Waals surface area (Å²) in [5.74, 6) is 0. The van der Waals surface area contributed by atoms with Gasteiger partial charge >= 0.3 is 0 Å². The average Bonchev–Trinajstić information content (AvgIpc) is 2.38. The minimum Gasteiger partial charge on any atom is -0.329 e. The highest BCUT2D eigenvalue weighted by molar-refractivity contribution is 7.89. The van der Waals surface area contributed by atoms with Crippen molar-refractivity contribution in [3.05, 3.63) is 32.8 Å². The van der Waals surface area contributed by atoms with E-state index in [9.17, 15) is 18.5 Å². The van der Waals surface area contributed by atoms with Crippen molar-refractivity contribution in [3.63, 3.8) is 0 Å².